The molecule has 0 rings (SSSR count). The Labute approximate surface area is 159 Å². The van der Waals surface area contributed by atoms with E-state index in [0.717, 1.165) is 57.8 Å². The predicted octanol–water partition coefficient (Wildman–Crippen LogP) is 3.46. The van der Waals surface area contributed by atoms with Crippen LogP contribution in [0, 0.1) is 0 Å². The number of hydrogen-bond donors (Lipinski definition) is 4. The van der Waals surface area contributed by atoms with E-state index < -0.39 is 6.10 Å². The summed E-state index contributed by atoms with van der Waals surface area (Å²) < 4.78 is 0. The first-order valence-corrected chi connectivity index (χ1v) is 10.5. The van der Waals surface area contributed by atoms with Crippen LogP contribution in [0.2, 0.25) is 0 Å². The zero-order valence-corrected chi connectivity index (χ0v) is 16.7. The summed E-state index contributed by atoms with van der Waals surface area (Å²) in [6.45, 7) is 1.99. The van der Waals surface area contributed by atoms with E-state index in [1.165, 1.54) is 19.3 Å². The second-order valence-corrected chi connectivity index (χ2v) is 7.16. The summed E-state index contributed by atoms with van der Waals surface area (Å²) in [6.07, 6.45) is 16.6. The first kappa shape index (κ1) is 25.1. The zero-order valence-electron chi connectivity index (χ0n) is 16.7. The highest BCUT2D eigenvalue weighted by atomic mass is 16.3. The van der Waals surface area contributed by atoms with Crippen molar-refractivity contribution in [1.82, 2.24) is 5.32 Å². The van der Waals surface area contributed by atoms with Gasteiger partial charge in [0.05, 0.1) is 18.8 Å². The Balaban J connectivity index is 3.36. The van der Waals surface area contributed by atoms with Crippen LogP contribution >= 0.6 is 0 Å². The van der Waals surface area contributed by atoms with Gasteiger partial charge in [-0.2, -0.15) is 0 Å². The van der Waals surface area contributed by atoms with Crippen LogP contribution in [0.4, 0.5) is 0 Å². The average molecular weight is 372 g/mol. The lowest BCUT2D eigenvalue weighted by Crippen LogP contribution is -2.33. The third kappa shape index (κ3) is 17.9. The number of amides is 1. The molecular weight excluding hydrogens is 330 g/mol. The Morgan fingerprint density at radius 2 is 1.62 bits per heavy atom. The standard InChI is InChI=1S/C21H41NO4/c1-2-3-4-11-14-19(24)15-12-9-7-5-6-8-10-13-16-21(26)22-17-20(25)18-23/h9,12,19-20,23-25H,2-8,10-11,13-18H2,1H3,(H,22,26)/t19-,20?/m0/s1. The topological polar surface area (TPSA) is 89.8 Å². The first-order chi connectivity index (χ1) is 12.6. The van der Waals surface area contributed by atoms with Gasteiger partial charge in [-0.3, -0.25) is 4.79 Å². The summed E-state index contributed by atoms with van der Waals surface area (Å²) in [6, 6.07) is 0. The molecule has 154 valence electrons. The predicted molar refractivity (Wildman–Crippen MR) is 107 cm³/mol. The Hall–Kier alpha value is -0.910. The molecule has 0 aromatic rings. The number of allylic oxidation sites excluding steroid dienone is 1. The first-order valence-electron chi connectivity index (χ1n) is 10.5. The Kier molecular flexibility index (Phi) is 18.2. The number of carbonyl (C=O) groups is 1. The molecule has 1 unspecified atom stereocenters. The SMILES string of the molecule is CCCCCC[C@H](O)CC=CCCCCCCCC(=O)NCC(O)CO. The molecule has 0 bridgehead atoms. The van der Waals surface area contributed by atoms with Gasteiger partial charge in [-0.05, 0) is 32.1 Å². The molecule has 0 heterocycles. The molecule has 2 atom stereocenters. The van der Waals surface area contributed by atoms with Crippen LogP contribution in [0.5, 0.6) is 0 Å². The molecule has 0 aliphatic carbocycles. The molecule has 4 N–H and O–H groups in total. The lowest BCUT2D eigenvalue weighted by molar-refractivity contribution is -0.121. The van der Waals surface area contributed by atoms with Crippen molar-refractivity contribution in [3.05, 3.63) is 12.2 Å². The fourth-order valence-electron chi connectivity index (χ4n) is 2.76. The largest absolute Gasteiger partial charge is 0.394 e. The van der Waals surface area contributed by atoms with E-state index in [1.807, 2.05) is 0 Å². The monoisotopic (exact) mass is 371 g/mol. The Morgan fingerprint density at radius 3 is 2.35 bits per heavy atom. The van der Waals surface area contributed by atoms with Gasteiger partial charge in [0.1, 0.15) is 0 Å². The van der Waals surface area contributed by atoms with Crippen molar-refractivity contribution in [3.8, 4) is 0 Å². The zero-order chi connectivity index (χ0) is 19.5. The van der Waals surface area contributed by atoms with Gasteiger partial charge in [-0.25, -0.2) is 0 Å². The van der Waals surface area contributed by atoms with Crippen molar-refractivity contribution >= 4 is 5.91 Å². The third-order valence-corrected chi connectivity index (χ3v) is 4.49. The summed E-state index contributed by atoms with van der Waals surface area (Å²) >= 11 is 0. The van der Waals surface area contributed by atoms with E-state index in [1.54, 1.807) is 0 Å². The van der Waals surface area contributed by atoms with Crippen molar-refractivity contribution in [2.45, 2.75) is 103 Å². The smallest absolute Gasteiger partial charge is 0.220 e. The van der Waals surface area contributed by atoms with Gasteiger partial charge in [-0.1, -0.05) is 64.0 Å². The molecule has 0 fully saturated rings. The van der Waals surface area contributed by atoms with Crippen LogP contribution in [0.15, 0.2) is 12.2 Å². The van der Waals surface area contributed by atoms with Gasteiger partial charge in [0, 0.05) is 13.0 Å². The van der Waals surface area contributed by atoms with Gasteiger partial charge in [-0.15, -0.1) is 0 Å². The summed E-state index contributed by atoms with van der Waals surface area (Å²) in [5.74, 6) is -0.0614. The fourth-order valence-corrected chi connectivity index (χ4v) is 2.76. The van der Waals surface area contributed by atoms with Crippen LogP contribution in [-0.4, -0.2) is 46.6 Å². The molecule has 0 aliphatic heterocycles. The normalized spacial score (nSPS) is 13.8. The Bertz CT molecular complexity index is 347. The highest BCUT2D eigenvalue weighted by molar-refractivity contribution is 5.75. The molecule has 0 aromatic carbocycles. The molecule has 0 saturated carbocycles. The van der Waals surface area contributed by atoms with Crippen LogP contribution in [-0.2, 0) is 4.79 Å². The second kappa shape index (κ2) is 18.9. The van der Waals surface area contributed by atoms with Gasteiger partial charge < -0.3 is 20.6 Å². The molecule has 0 aromatic heterocycles. The van der Waals surface area contributed by atoms with Gasteiger partial charge in [0.15, 0.2) is 0 Å². The molecule has 26 heavy (non-hydrogen) atoms. The quantitative estimate of drug-likeness (QED) is 0.219. The van der Waals surface area contributed by atoms with Crippen LogP contribution in [0.25, 0.3) is 0 Å². The summed E-state index contributed by atoms with van der Waals surface area (Å²) in [5, 5.41) is 30.3. The van der Waals surface area contributed by atoms with E-state index in [2.05, 4.69) is 24.4 Å². The van der Waals surface area contributed by atoms with Crippen molar-refractivity contribution in [2.24, 2.45) is 0 Å². The molecule has 5 nitrogen and oxygen atoms in total. The average Bonchev–Trinajstić information content (AvgIpc) is 2.64. The maximum Gasteiger partial charge on any atom is 0.220 e. The molecule has 0 radical (unpaired) electrons. The number of rotatable bonds is 18. The van der Waals surface area contributed by atoms with E-state index in [-0.39, 0.29) is 25.2 Å². The molecule has 0 aliphatic rings. The van der Waals surface area contributed by atoms with Gasteiger partial charge in [0.25, 0.3) is 0 Å². The number of carbonyl (C=O) groups excluding carboxylic acids is 1. The number of nitrogens with one attached hydrogen (secondary N) is 1. The molecule has 1 amide bonds. The number of aliphatic hydroxyl groups excluding tert-OH is 3. The van der Waals surface area contributed by atoms with Gasteiger partial charge in [0.2, 0.25) is 5.91 Å². The second-order valence-electron chi connectivity index (χ2n) is 7.16. The van der Waals surface area contributed by atoms with E-state index in [0.29, 0.717) is 6.42 Å². The third-order valence-electron chi connectivity index (χ3n) is 4.49. The Morgan fingerprint density at radius 1 is 0.923 bits per heavy atom. The number of hydrogen-bond acceptors (Lipinski definition) is 4. The lowest BCUT2D eigenvalue weighted by Gasteiger charge is -2.08. The maximum absolute atomic E-state index is 11.5. The lowest BCUT2D eigenvalue weighted by atomic mass is 10.1. The molecule has 0 spiro atoms. The number of aliphatic hydroxyl groups is 3. The fraction of sp³-hybridized carbons (Fsp3) is 0.857. The van der Waals surface area contributed by atoms with Crippen molar-refractivity contribution in [2.75, 3.05) is 13.2 Å². The molecule has 5 heteroatoms. The molecular formula is C21H41NO4. The highest BCUT2D eigenvalue weighted by Crippen LogP contribution is 2.10. The van der Waals surface area contributed by atoms with Gasteiger partial charge >= 0.3 is 0 Å². The van der Waals surface area contributed by atoms with Crippen LogP contribution in [0.1, 0.15) is 90.4 Å². The van der Waals surface area contributed by atoms with Crippen LogP contribution < -0.4 is 5.32 Å². The van der Waals surface area contributed by atoms with Crippen molar-refractivity contribution < 1.29 is 20.1 Å². The minimum absolute atomic E-state index is 0.0614. The highest BCUT2D eigenvalue weighted by Gasteiger charge is 2.05. The van der Waals surface area contributed by atoms with Crippen molar-refractivity contribution in [1.29, 1.82) is 0 Å². The minimum Gasteiger partial charge on any atom is -0.394 e. The van der Waals surface area contributed by atoms with Crippen molar-refractivity contribution in [3.63, 3.8) is 0 Å². The van der Waals surface area contributed by atoms with Crippen LogP contribution in [0.3, 0.4) is 0 Å². The van der Waals surface area contributed by atoms with E-state index >= 15 is 0 Å². The summed E-state index contributed by atoms with van der Waals surface area (Å²) in [7, 11) is 0. The number of unbranched alkanes of at least 4 members (excludes halogenated alkanes) is 8. The summed E-state index contributed by atoms with van der Waals surface area (Å²) in [5.41, 5.74) is 0. The minimum atomic E-state index is -0.867. The molecule has 0 saturated heterocycles. The maximum atomic E-state index is 11.5. The van der Waals surface area contributed by atoms with E-state index in [4.69, 9.17) is 10.2 Å². The van der Waals surface area contributed by atoms with E-state index in [9.17, 15) is 9.90 Å². The summed E-state index contributed by atoms with van der Waals surface area (Å²) in [4.78, 5) is 11.5.